The van der Waals surface area contributed by atoms with Crippen LogP contribution in [0.5, 0.6) is 0 Å². The van der Waals surface area contributed by atoms with Crippen LogP contribution in [0.15, 0.2) is 0 Å². The van der Waals surface area contributed by atoms with Crippen molar-refractivity contribution in [1.82, 2.24) is 10.6 Å². The van der Waals surface area contributed by atoms with E-state index in [1.165, 1.54) is 0 Å². The molecule has 5 N–H and O–H groups in total. The van der Waals surface area contributed by atoms with Crippen molar-refractivity contribution >= 4 is 12.4 Å². The van der Waals surface area contributed by atoms with Gasteiger partial charge in [-0.15, -0.1) is 0 Å². The van der Waals surface area contributed by atoms with E-state index >= 15 is 0 Å². The Labute approximate surface area is 51.0 Å². The third-order valence-corrected chi connectivity index (χ3v) is 0.505. The second-order valence-corrected chi connectivity index (χ2v) is 1.20. The molecule has 0 saturated carbocycles. The maximum Gasteiger partial charge on any atom is 0.315 e. The number of rotatable bonds is 3. The van der Waals surface area contributed by atoms with Crippen LogP contribution in [0.1, 0.15) is 0 Å². The van der Waals surface area contributed by atoms with Gasteiger partial charge in [-0.2, -0.15) is 0 Å². The summed E-state index contributed by atoms with van der Waals surface area (Å²) in [6.07, 6.45) is -1.17. The van der Waals surface area contributed by atoms with Crippen molar-refractivity contribution in [3.05, 3.63) is 0 Å². The van der Waals surface area contributed by atoms with E-state index in [2.05, 4.69) is 5.73 Å². The van der Waals surface area contributed by atoms with Crippen molar-refractivity contribution in [3.63, 3.8) is 0 Å². The Morgan fingerprint density at radius 1 is 1.78 bits per heavy atom. The lowest BCUT2D eigenvalue weighted by Crippen LogP contribution is -2.46. The maximum absolute atomic E-state index is 9.88. The minimum Gasteiger partial charge on any atom is -0.356 e. The highest BCUT2D eigenvalue weighted by Crippen LogP contribution is 1.62. The number of aliphatic hydroxyl groups is 1. The van der Waals surface area contributed by atoms with E-state index in [0.29, 0.717) is 0 Å². The van der Waals surface area contributed by atoms with Crippen molar-refractivity contribution < 1.29 is 14.7 Å². The Bertz CT molecular complexity index is 115. The van der Waals surface area contributed by atoms with Crippen molar-refractivity contribution in [1.29, 1.82) is 0 Å². The third-order valence-electron chi connectivity index (χ3n) is 0.505. The summed E-state index contributed by atoms with van der Waals surface area (Å²) < 4.78 is 0. The number of hydrogen-bond donors (Lipinski definition) is 4. The second-order valence-electron chi connectivity index (χ2n) is 1.20. The summed E-state index contributed by atoms with van der Waals surface area (Å²) in [5, 5.41) is 12.1. The quantitative estimate of drug-likeness (QED) is 0.256. The van der Waals surface area contributed by atoms with Crippen LogP contribution in [0.2, 0.25) is 0 Å². The van der Waals surface area contributed by atoms with Gasteiger partial charge in [-0.3, -0.25) is 10.1 Å². The zero-order valence-corrected chi connectivity index (χ0v) is 4.50. The minimum atomic E-state index is -1.40. The molecule has 0 aromatic rings. The molecule has 0 bridgehead atoms. The van der Waals surface area contributed by atoms with Crippen LogP contribution in [0.25, 0.3) is 0 Å². The van der Waals surface area contributed by atoms with Gasteiger partial charge in [-0.25, -0.2) is 4.79 Å². The number of primary amides is 1. The monoisotopic (exact) mass is 133 g/mol. The molecule has 6 heteroatoms. The van der Waals surface area contributed by atoms with E-state index in [0.717, 1.165) is 0 Å². The molecule has 3 amide bonds. The summed E-state index contributed by atoms with van der Waals surface area (Å²) in [7, 11) is 0. The van der Waals surface area contributed by atoms with Gasteiger partial charge in [0.2, 0.25) is 12.8 Å². The normalized spacial score (nSPS) is 11.7. The van der Waals surface area contributed by atoms with Crippen LogP contribution < -0.4 is 16.4 Å². The topological polar surface area (TPSA) is 104 Å². The first-order valence-corrected chi connectivity index (χ1v) is 2.10. The van der Waals surface area contributed by atoms with E-state index in [4.69, 9.17) is 5.11 Å². The van der Waals surface area contributed by atoms with E-state index < -0.39 is 12.4 Å². The summed E-state index contributed by atoms with van der Waals surface area (Å²) in [6.45, 7) is 0. The van der Waals surface area contributed by atoms with Crippen LogP contribution in [-0.4, -0.2) is 23.9 Å². The number of amides is 3. The van der Waals surface area contributed by atoms with Gasteiger partial charge in [0.05, 0.1) is 0 Å². The number of urea groups is 1. The third kappa shape index (κ3) is 4.56. The molecule has 0 fully saturated rings. The van der Waals surface area contributed by atoms with Crippen LogP contribution >= 0.6 is 0 Å². The summed E-state index contributed by atoms with van der Waals surface area (Å²) >= 11 is 0. The molecule has 0 aromatic carbocycles. The van der Waals surface area contributed by atoms with Gasteiger partial charge in [0.25, 0.3) is 0 Å². The number of hydrogen-bond acceptors (Lipinski definition) is 3. The average Bonchev–Trinajstić information content (AvgIpc) is 1.63. The van der Waals surface area contributed by atoms with Crippen molar-refractivity contribution in [2.45, 2.75) is 6.35 Å². The van der Waals surface area contributed by atoms with Crippen molar-refractivity contribution in [2.24, 2.45) is 5.73 Å². The Kier molecular flexibility index (Phi) is 3.14. The van der Waals surface area contributed by atoms with Crippen LogP contribution in [0.4, 0.5) is 4.79 Å². The largest absolute Gasteiger partial charge is 0.356 e. The first-order valence-electron chi connectivity index (χ1n) is 2.10. The van der Waals surface area contributed by atoms with Gasteiger partial charge >= 0.3 is 6.03 Å². The molecule has 0 rings (SSSR count). The SMILES string of the molecule is NC(=O)NC(O)NC=O. The van der Waals surface area contributed by atoms with Gasteiger partial charge < -0.3 is 16.2 Å². The van der Waals surface area contributed by atoms with E-state index in [9.17, 15) is 9.59 Å². The highest BCUT2D eigenvalue weighted by molar-refractivity contribution is 5.71. The Hall–Kier alpha value is -1.30. The lowest BCUT2D eigenvalue weighted by atomic mass is 10.8. The molecule has 52 valence electrons. The summed E-state index contributed by atoms with van der Waals surface area (Å²) in [6, 6.07) is -0.906. The van der Waals surface area contributed by atoms with Gasteiger partial charge in [0.15, 0.2) is 0 Å². The van der Waals surface area contributed by atoms with Gasteiger partial charge in [0.1, 0.15) is 0 Å². The molecule has 0 heterocycles. The van der Waals surface area contributed by atoms with Gasteiger partial charge in [0, 0.05) is 0 Å². The fourth-order valence-electron chi connectivity index (χ4n) is 0.241. The van der Waals surface area contributed by atoms with Gasteiger partial charge in [-0.1, -0.05) is 0 Å². The van der Waals surface area contributed by atoms with Crippen molar-refractivity contribution in [3.8, 4) is 0 Å². The number of nitrogens with two attached hydrogens (primary N) is 1. The first kappa shape index (κ1) is 7.70. The number of carbonyl (C=O) groups excluding carboxylic acids is 2. The maximum atomic E-state index is 9.88. The standard InChI is InChI=1S/C3H7N3O3/c4-2(8)6-3(9)5-1-7/h1,3,9H,(H,5,7)(H3,4,6,8). The summed E-state index contributed by atoms with van der Waals surface area (Å²) in [5.74, 6) is 0. The minimum absolute atomic E-state index is 0.237. The van der Waals surface area contributed by atoms with Crippen molar-refractivity contribution in [2.75, 3.05) is 0 Å². The number of aliphatic hydroxyl groups excluding tert-OH is 1. The molecule has 1 atom stereocenters. The lowest BCUT2D eigenvalue weighted by Gasteiger charge is -2.07. The predicted octanol–water partition coefficient (Wildman–Crippen LogP) is -2.32. The Morgan fingerprint density at radius 2 is 2.33 bits per heavy atom. The molecule has 0 aliphatic heterocycles. The lowest BCUT2D eigenvalue weighted by molar-refractivity contribution is -0.112. The first-order chi connectivity index (χ1) is 4.16. The Morgan fingerprint density at radius 3 is 2.67 bits per heavy atom. The molecule has 0 saturated heterocycles. The second kappa shape index (κ2) is 3.67. The molecule has 0 aliphatic carbocycles. The highest BCUT2D eigenvalue weighted by atomic mass is 16.3. The zero-order chi connectivity index (χ0) is 7.28. The zero-order valence-electron chi connectivity index (χ0n) is 4.50. The summed E-state index contributed by atoms with van der Waals surface area (Å²) in [4.78, 5) is 19.4. The average molecular weight is 133 g/mol. The fourth-order valence-corrected chi connectivity index (χ4v) is 0.241. The van der Waals surface area contributed by atoms with Crippen LogP contribution in [0, 0.1) is 0 Å². The molecule has 0 aromatic heterocycles. The van der Waals surface area contributed by atoms with Gasteiger partial charge in [-0.05, 0) is 0 Å². The fraction of sp³-hybridized carbons (Fsp3) is 0.333. The number of nitrogens with one attached hydrogen (secondary N) is 2. The molecule has 0 radical (unpaired) electrons. The number of carbonyl (C=O) groups is 2. The molecule has 0 aliphatic rings. The van der Waals surface area contributed by atoms with Crippen LogP contribution in [0.3, 0.4) is 0 Å². The van der Waals surface area contributed by atoms with E-state index in [-0.39, 0.29) is 6.41 Å². The molecule has 9 heavy (non-hydrogen) atoms. The van der Waals surface area contributed by atoms with Crippen LogP contribution in [-0.2, 0) is 4.79 Å². The van der Waals surface area contributed by atoms with E-state index in [1.54, 1.807) is 5.32 Å². The highest BCUT2D eigenvalue weighted by Gasteiger charge is 2.00. The Balaban J connectivity index is 3.37. The summed E-state index contributed by atoms with van der Waals surface area (Å²) in [5.41, 5.74) is 4.56. The molecule has 6 nitrogen and oxygen atoms in total. The molecule has 1 unspecified atom stereocenters. The van der Waals surface area contributed by atoms with E-state index in [1.807, 2.05) is 5.32 Å². The smallest absolute Gasteiger partial charge is 0.315 e. The molecular weight excluding hydrogens is 126 g/mol. The molecular formula is C3H7N3O3. The predicted molar refractivity (Wildman–Crippen MR) is 27.9 cm³/mol. The molecule has 0 spiro atoms.